The quantitative estimate of drug-likeness (QED) is 0.441. The normalized spacial score (nSPS) is 9.81. The summed E-state index contributed by atoms with van der Waals surface area (Å²) >= 11 is 0. The summed E-state index contributed by atoms with van der Waals surface area (Å²) < 4.78 is 0. The van der Waals surface area contributed by atoms with Crippen LogP contribution in [0.25, 0.3) is 0 Å². The summed E-state index contributed by atoms with van der Waals surface area (Å²) in [6, 6.07) is 1.54. The Labute approximate surface area is 154 Å². The highest BCUT2D eigenvalue weighted by Crippen LogP contribution is 1.95. The molecule has 12 heteroatoms. The molecule has 146 valence electrons. The molecule has 0 aliphatic carbocycles. The van der Waals surface area contributed by atoms with Crippen LogP contribution in [0.3, 0.4) is 0 Å². The summed E-state index contributed by atoms with van der Waals surface area (Å²) in [5.41, 5.74) is 5.27. The molecule has 0 aliphatic rings. The molecule has 0 aliphatic heterocycles. The van der Waals surface area contributed by atoms with Crippen LogP contribution in [-0.2, 0) is 0 Å². The molecule has 0 saturated heterocycles. The summed E-state index contributed by atoms with van der Waals surface area (Å²) in [5, 5.41) is 7.21. The summed E-state index contributed by atoms with van der Waals surface area (Å²) in [7, 11) is 0. The van der Waals surface area contributed by atoms with E-state index >= 15 is 0 Å². The van der Waals surface area contributed by atoms with E-state index in [1.807, 2.05) is 13.8 Å². The van der Waals surface area contributed by atoms with Gasteiger partial charge in [-0.1, -0.05) is 0 Å². The van der Waals surface area contributed by atoms with Gasteiger partial charge in [0.05, 0.1) is 0 Å². The first kappa shape index (κ1) is 21.3. The lowest BCUT2D eigenvalue weighted by atomic mass is 10.4. The van der Waals surface area contributed by atoms with Crippen molar-refractivity contribution in [3.63, 3.8) is 0 Å². The van der Waals surface area contributed by atoms with Crippen molar-refractivity contribution in [2.24, 2.45) is 5.73 Å². The van der Waals surface area contributed by atoms with Crippen molar-refractivity contribution in [2.75, 3.05) is 10.6 Å². The second kappa shape index (κ2) is 9.70. The van der Waals surface area contributed by atoms with Crippen LogP contribution < -0.4 is 32.8 Å². The number of anilines is 2. The Balaban J connectivity index is 0.000000277. The van der Waals surface area contributed by atoms with Crippen molar-refractivity contribution >= 4 is 24.0 Å². The van der Waals surface area contributed by atoms with Gasteiger partial charge < -0.3 is 11.1 Å². The van der Waals surface area contributed by atoms with Gasteiger partial charge in [0.15, 0.2) is 0 Å². The second-order valence-electron chi connectivity index (χ2n) is 5.71. The maximum atomic E-state index is 11.3. The largest absolute Gasteiger partial charge is 0.351 e. The Morgan fingerprint density at radius 2 is 1.41 bits per heavy atom. The van der Waals surface area contributed by atoms with E-state index in [4.69, 9.17) is 5.73 Å². The van der Waals surface area contributed by atoms with Crippen LogP contribution in [-0.4, -0.2) is 38.0 Å². The number of aromatic amines is 2. The number of carbonyl (C=O) groups excluding carboxylic acids is 2. The Hall–Kier alpha value is -3.70. The predicted molar refractivity (Wildman–Crippen MR) is 99.7 cm³/mol. The average molecular weight is 378 g/mol. The minimum absolute atomic E-state index is 0.0292. The number of nitrogens with zero attached hydrogens (tertiary/aromatic N) is 2. The van der Waals surface area contributed by atoms with Crippen LogP contribution in [0.2, 0.25) is 0 Å². The summed E-state index contributed by atoms with van der Waals surface area (Å²) in [6.07, 6.45) is 0. The van der Waals surface area contributed by atoms with Crippen molar-refractivity contribution in [3.05, 3.63) is 44.2 Å². The topological polar surface area (TPSA) is 188 Å². The van der Waals surface area contributed by atoms with Gasteiger partial charge >= 0.3 is 12.1 Å². The lowest BCUT2D eigenvalue weighted by Gasteiger charge is -2.09. The minimum atomic E-state index is -0.760. The molecule has 0 atom stereocenters. The third-order valence-electron chi connectivity index (χ3n) is 2.63. The number of nitrogens with one attached hydrogen (secondary N) is 5. The molecule has 4 amide bonds. The number of hydrogen-bond donors (Lipinski definition) is 6. The van der Waals surface area contributed by atoms with E-state index in [0.717, 1.165) is 0 Å². The number of hydrogen-bond acceptors (Lipinski definition) is 6. The molecule has 27 heavy (non-hydrogen) atoms. The van der Waals surface area contributed by atoms with Crippen molar-refractivity contribution in [3.8, 4) is 0 Å². The SMILES string of the molecule is Cc1cc(=O)[nH]c(NC(=O)NC(C)C)n1.Cc1cc(=O)[nH]c(NC(N)=O)n1. The van der Waals surface area contributed by atoms with Gasteiger partial charge in [0, 0.05) is 29.6 Å². The molecular weight excluding hydrogens is 356 g/mol. The van der Waals surface area contributed by atoms with Gasteiger partial charge in [0.25, 0.3) is 11.1 Å². The van der Waals surface area contributed by atoms with E-state index in [1.165, 1.54) is 12.1 Å². The smallest absolute Gasteiger partial charge is 0.321 e. The number of H-pyrrole nitrogens is 2. The molecule has 2 aromatic rings. The third-order valence-corrected chi connectivity index (χ3v) is 2.63. The molecule has 0 bridgehead atoms. The van der Waals surface area contributed by atoms with Gasteiger partial charge in [-0.25, -0.2) is 19.6 Å². The molecular formula is C15H22N8O4. The van der Waals surface area contributed by atoms with Crippen LogP contribution in [0.4, 0.5) is 21.5 Å². The fraction of sp³-hybridized carbons (Fsp3) is 0.333. The van der Waals surface area contributed by atoms with Crippen LogP contribution in [0, 0.1) is 13.8 Å². The maximum absolute atomic E-state index is 11.3. The van der Waals surface area contributed by atoms with Crippen LogP contribution in [0.15, 0.2) is 21.7 Å². The number of urea groups is 2. The lowest BCUT2D eigenvalue weighted by molar-refractivity contribution is 0.249. The van der Waals surface area contributed by atoms with Crippen molar-refractivity contribution in [1.82, 2.24) is 25.3 Å². The van der Waals surface area contributed by atoms with E-state index in [-0.39, 0.29) is 29.1 Å². The summed E-state index contributed by atoms with van der Waals surface area (Å²) in [5.74, 6) is 0.214. The zero-order chi connectivity index (χ0) is 20.6. The number of nitrogens with two attached hydrogens (primary N) is 1. The first-order chi connectivity index (χ1) is 12.5. The third kappa shape index (κ3) is 8.81. The van der Waals surface area contributed by atoms with E-state index in [1.54, 1.807) is 13.8 Å². The number of primary amides is 1. The van der Waals surface area contributed by atoms with Gasteiger partial charge in [-0.05, 0) is 27.7 Å². The Morgan fingerprint density at radius 3 is 1.78 bits per heavy atom. The first-order valence-corrected chi connectivity index (χ1v) is 7.85. The predicted octanol–water partition coefficient (Wildman–Crippen LogP) is 0.177. The molecule has 2 heterocycles. The standard InChI is InChI=1S/C9H14N4O2.C6H8N4O2/c1-5(2)10-9(15)13-8-11-6(3)4-7(14)12-8;1-3-2-4(11)9-6(8-3)10-5(7)12/h4-5H,1-3H3,(H3,10,11,12,13,14,15);2H,1H3,(H4,7,8,9,10,11,12). The fourth-order valence-electron chi connectivity index (χ4n) is 1.80. The Kier molecular flexibility index (Phi) is 7.67. The number of aromatic nitrogens is 4. The van der Waals surface area contributed by atoms with Crippen molar-refractivity contribution < 1.29 is 9.59 Å². The monoisotopic (exact) mass is 378 g/mol. The van der Waals surface area contributed by atoms with Crippen molar-refractivity contribution in [2.45, 2.75) is 33.7 Å². The Morgan fingerprint density at radius 1 is 0.963 bits per heavy atom. The zero-order valence-electron chi connectivity index (χ0n) is 15.3. The van der Waals surface area contributed by atoms with Gasteiger partial charge in [-0.3, -0.25) is 30.2 Å². The molecule has 0 radical (unpaired) electrons. The summed E-state index contributed by atoms with van der Waals surface area (Å²) in [4.78, 5) is 55.9. The average Bonchev–Trinajstić information content (AvgIpc) is 2.43. The van der Waals surface area contributed by atoms with Gasteiger partial charge in [-0.15, -0.1) is 0 Å². The minimum Gasteiger partial charge on any atom is -0.351 e. The fourth-order valence-corrected chi connectivity index (χ4v) is 1.80. The van der Waals surface area contributed by atoms with Crippen LogP contribution >= 0.6 is 0 Å². The van der Waals surface area contributed by atoms with Crippen LogP contribution in [0.1, 0.15) is 25.2 Å². The van der Waals surface area contributed by atoms with E-state index in [9.17, 15) is 19.2 Å². The summed E-state index contributed by atoms with van der Waals surface area (Å²) in [6.45, 7) is 7.00. The van der Waals surface area contributed by atoms with Gasteiger partial charge in [0.2, 0.25) is 11.9 Å². The highest BCUT2D eigenvalue weighted by Gasteiger charge is 2.05. The maximum Gasteiger partial charge on any atom is 0.321 e. The highest BCUT2D eigenvalue weighted by molar-refractivity contribution is 5.87. The zero-order valence-corrected chi connectivity index (χ0v) is 15.3. The van der Waals surface area contributed by atoms with E-state index in [2.05, 4.69) is 35.9 Å². The molecule has 2 aromatic heterocycles. The molecule has 0 aromatic carbocycles. The lowest BCUT2D eigenvalue weighted by Crippen LogP contribution is -2.35. The first-order valence-electron chi connectivity index (χ1n) is 7.85. The molecule has 0 unspecified atom stereocenters. The molecule has 2 rings (SSSR count). The van der Waals surface area contributed by atoms with E-state index in [0.29, 0.717) is 11.4 Å². The number of rotatable bonds is 3. The van der Waals surface area contributed by atoms with E-state index < -0.39 is 12.1 Å². The molecule has 0 spiro atoms. The molecule has 0 fully saturated rings. The highest BCUT2D eigenvalue weighted by atomic mass is 16.2. The Bertz CT molecular complexity index is 919. The number of carbonyl (C=O) groups is 2. The van der Waals surface area contributed by atoms with Crippen molar-refractivity contribution in [1.29, 1.82) is 0 Å². The number of aryl methyl sites for hydroxylation is 2. The number of amides is 4. The second-order valence-corrected chi connectivity index (χ2v) is 5.71. The molecule has 12 nitrogen and oxygen atoms in total. The van der Waals surface area contributed by atoms with Gasteiger partial charge in [-0.2, -0.15) is 0 Å². The molecule has 0 saturated carbocycles. The van der Waals surface area contributed by atoms with Gasteiger partial charge in [0.1, 0.15) is 0 Å². The van der Waals surface area contributed by atoms with Crippen LogP contribution in [0.5, 0.6) is 0 Å². The molecule has 7 N–H and O–H groups in total.